The van der Waals surface area contributed by atoms with Gasteiger partial charge in [-0.3, -0.25) is 4.79 Å². The third-order valence-electron chi connectivity index (χ3n) is 3.58. The molecule has 1 N–H and O–H groups in total. The van der Waals surface area contributed by atoms with Crippen LogP contribution in [-0.2, 0) is 4.79 Å². The zero-order valence-electron chi connectivity index (χ0n) is 14.1. The molecule has 1 rings (SSSR count). The molecule has 0 aromatic rings. The second-order valence-electron chi connectivity index (χ2n) is 8.01. The van der Waals surface area contributed by atoms with E-state index in [0.29, 0.717) is 25.4 Å². The summed E-state index contributed by atoms with van der Waals surface area (Å²) in [6, 6.07) is 0. The van der Waals surface area contributed by atoms with Crippen LogP contribution in [0.15, 0.2) is 0 Å². The molecule has 4 nitrogen and oxygen atoms in total. The summed E-state index contributed by atoms with van der Waals surface area (Å²) < 4.78 is 0. The molecule has 0 aromatic carbocycles. The molecule has 0 aromatic heterocycles. The molecule has 1 amide bonds. The summed E-state index contributed by atoms with van der Waals surface area (Å²) in [5.41, 5.74) is -1.13. The van der Waals surface area contributed by atoms with Gasteiger partial charge in [0.15, 0.2) is 5.60 Å². The van der Waals surface area contributed by atoms with E-state index < -0.39 is 5.60 Å². The smallest absolute Gasteiger partial charge is 0.255 e. The van der Waals surface area contributed by atoms with Gasteiger partial charge in [0.1, 0.15) is 0 Å². The normalized spacial score (nSPS) is 24.9. The largest absolute Gasteiger partial charge is 0.379 e. The first-order valence-electron chi connectivity index (χ1n) is 7.74. The van der Waals surface area contributed by atoms with Crippen molar-refractivity contribution < 1.29 is 9.90 Å². The number of likely N-dealkylation sites (tertiary alicyclic amines) is 1. The van der Waals surface area contributed by atoms with Gasteiger partial charge in [-0.2, -0.15) is 0 Å². The number of aliphatic hydroxyl groups is 1. The maximum atomic E-state index is 12.6. The highest BCUT2D eigenvalue weighted by Crippen LogP contribution is 2.27. The Morgan fingerprint density at radius 2 is 2.00 bits per heavy atom. The highest BCUT2D eigenvalue weighted by atomic mass is 16.3. The van der Waals surface area contributed by atoms with Crippen molar-refractivity contribution in [2.45, 2.75) is 53.1 Å². The highest BCUT2D eigenvalue weighted by molar-refractivity contribution is 5.86. The standard InChI is InChI=1S/C16H32N2O2/c1-13(2)10-17(6)12-16(20)8-7-9-18(14(16)19)11-15(3,4)5/h13,20H,7-12H2,1-6H3. The molecule has 4 heteroatoms. The first kappa shape index (κ1) is 17.4. The first-order valence-corrected chi connectivity index (χ1v) is 7.74. The van der Waals surface area contributed by atoms with E-state index >= 15 is 0 Å². The average Bonchev–Trinajstić information content (AvgIpc) is 2.21. The SMILES string of the molecule is CC(C)CN(C)CC1(O)CCCN(CC(C)(C)C)C1=O. The summed E-state index contributed by atoms with van der Waals surface area (Å²) >= 11 is 0. The lowest BCUT2D eigenvalue weighted by Gasteiger charge is -2.42. The number of rotatable bonds is 5. The summed E-state index contributed by atoms with van der Waals surface area (Å²) in [4.78, 5) is 16.5. The quantitative estimate of drug-likeness (QED) is 0.839. The zero-order chi connectivity index (χ0) is 15.6. The Morgan fingerprint density at radius 3 is 2.50 bits per heavy atom. The van der Waals surface area contributed by atoms with Crippen molar-refractivity contribution in [1.29, 1.82) is 0 Å². The number of hydrogen-bond acceptors (Lipinski definition) is 3. The monoisotopic (exact) mass is 284 g/mol. The fraction of sp³-hybridized carbons (Fsp3) is 0.938. The zero-order valence-corrected chi connectivity index (χ0v) is 14.1. The van der Waals surface area contributed by atoms with Crippen molar-refractivity contribution in [3.63, 3.8) is 0 Å². The fourth-order valence-electron chi connectivity index (χ4n) is 3.07. The lowest BCUT2D eigenvalue weighted by molar-refractivity contribution is -0.160. The molecule has 1 atom stereocenters. The van der Waals surface area contributed by atoms with Crippen LogP contribution < -0.4 is 0 Å². The number of carbonyl (C=O) groups excluding carboxylic acids is 1. The van der Waals surface area contributed by atoms with E-state index in [-0.39, 0.29) is 11.3 Å². The van der Waals surface area contributed by atoms with Crippen molar-refractivity contribution in [2.75, 3.05) is 33.2 Å². The summed E-state index contributed by atoms with van der Waals surface area (Å²) in [6.07, 6.45) is 1.46. The number of amides is 1. The van der Waals surface area contributed by atoms with Crippen LogP contribution in [0, 0.1) is 11.3 Å². The predicted molar refractivity (Wildman–Crippen MR) is 82.6 cm³/mol. The van der Waals surface area contributed by atoms with Crippen LogP contribution in [-0.4, -0.2) is 59.6 Å². The van der Waals surface area contributed by atoms with Crippen molar-refractivity contribution in [3.05, 3.63) is 0 Å². The molecule has 0 aliphatic carbocycles. The second kappa shape index (κ2) is 6.44. The van der Waals surface area contributed by atoms with Gasteiger partial charge >= 0.3 is 0 Å². The van der Waals surface area contributed by atoms with Crippen LogP contribution in [0.5, 0.6) is 0 Å². The van der Waals surface area contributed by atoms with Gasteiger partial charge in [0.2, 0.25) is 0 Å². The molecule has 0 bridgehead atoms. The minimum absolute atomic E-state index is 0.0672. The van der Waals surface area contributed by atoms with Crippen molar-refractivity contribution >= 4 is 5.91 Å². The number of hydrogen-bond donors (Lipinski definition) is 1. The molecule has 1 unspecified atom stereocenters. The van der Waals surface area contributed by atoms with Crippen LogP contribution in [0.2, 0.25) is 0 Å². The average molecular weight is 284 g/mol. The molecule has 0 spiro atoms. The highest BCUT2D eigenvalue weighted by Gasteiger charge is 2.43. The molecular formula is C16H32N2O2. The van der Waals surface area contributed by atoms with Crippen molar-refractivity contribution in [2.24, 2.45) is 11.3 Å². The summed E-state index contributed by atoms with van der Waals surface area (Å²) in [6.45, 7) is 13.5. The van der Waals surface area contributed by atoms with Gasteiger partial charge in [0, 0.05) is 26.2 Å². The van der Waals surface area contributed by atoms with E-state index in [1.807, 2.05) is 11.9 Å². The van der Waals surface area contributed by atoms with E-state index in [9.17, 15) is 9.90 Å². The summed E-state index contributed by atoms with van der Waals surface area (Å²) in [5, 5.41) is 10.8. The van der Waals surface area contributed by atoms with Crippen LogP contribution in [0.25, 0.3) is 0 Å². The molecule has 0 saturated carbocycles. The summed E-state index contributed by atoms with van der Waals surface area (Å²) in [5.74, 6) is 0.447. The van der Waals surface area contributed by atoms with E-state index in [1.54, 1.807) is 0 Å². The Hall–Kier alpha value is -0.610. The Labute approximate surface area is 124 Å². The van der Waals surface area contributed by atoms with Crippen molar-refractivity contribution in [1.82, 2.24) is 9.80 Å². The molecule has 1 saturated heterocycles. The molecule has 1 fully saturated rings. The lowest BCUT2D eigenvalue weighted by atomic mass is 9.88. The second-order valence-corrected chi connectivity index (χ2v) is 8.01. The molecule has 1 aliphatic heterocycles. The van der Waals surface area contributed by atoms with Gasteiger partial charge in [0.25, 0.3) is 5.91 Å². The minimum Gasteiger partial charge on any atom is -0.379 e. The predicted octanol–water partition coefficient (Wildman–Crippen LogP) is 1.97. The molecular weight excluding hydrogens is 252 g/mol. The molecule has 20 heavy (non-hydrogen) atoms. The Morgan fingerprint density at radius 1 is 1.40 bits per heavy atom. The maximum absolute atomic E-state index is 12.6. The molecule has 1 heterocycles. The number of nitrogens with zero attached hydrogens (tertiary/aromatic N) is 2. The van der Waals surface area contributed by atoms with Crippen molar-refractivity contribution in [3.8, 4) is 0 Å². The number of carbonyl (C=O) groups is 1. The summed E-state index contributed by atoms with van der Waals surface area (Å²) in [7, 11) is 1.98. The van der Waals surface area contributed by atoms with E-state index in [1.165, 1.54) is 0 Å². The third-order valence-corrected chi connectivity index (χ3v) is 3.58. The van der Waals surface area contributed by atoms with Crippen LogP contribution >= 0.6 is 0 Å². The van der Waals surface area contributed by atoms with Gasteiger partial charge in [-0.05, 0) is 31.2 Å². The number of likely N-dealkylation sites (N-methyl/N-ethyl adjacent to an activating group) is 1. The van der Waals surface area contributed by atoms with E-state index in [0.717, 1.165) is 19.5 Å². The minimum atomic E-state index is -1.20. The lowest BCUT2D eigenvalue weighted by Crippen LogP contribution is -2.59. The fourth-order valence-corrected chi connectivity index (χ4v) is 3.07. The van der Waals surface area contributed by atoms with Crippen LogP contribution in [0.4, 0.5) is 0 Å². The van der Waals surface area contributed by atoms with Gasteiger partial charge in [0.05, 0.1) is 0 Å². The third kappa shape index (κ3) is 5.06. The van der Waals surface area contributed by atoms with Crippen LogP contribution in [0.3, 0.4) is 0 Å². The molecule has 0 radical (unpaired) electrons. The number of piperidine rings is 1. The van der Waals surface area contributed by atoms with Gasteiger partial charge in [-0.25, -0.2) is 0 Å². The van der Waals surface area contributed by atoms with Gasteiger partial charge in [-0.1, -0.05) is 34.6 Å². The molecule has 1 aliphatic rings. The molecule has 118 valence electrons. The van der Waals surface area contributed by atoms with E-state index in [4.69, 9.17) is 0 Å². The topological polar surface area (TPSA) is 43.8 Å². The van der Waals surface area contributed by atoms with Gasteiger partial charge < -0.3 is 14.9 Å². The first-order chi connectivity index (χ1) is 9.03. The van der Waals surface area contributed by atoms with Gasteiger partial charge in [-0.15, -0.1) is 0 Å². The Kier molecular flexibility index (Phi) is 5.61. The maximum Gasteiger partial charge on any atom is 0.255 e. The van der Waals surface area contributed by atoms with E-state index in [2.05, 4.69) is 39.5 Å². The Balaban J connectivity index is 2.70. The van der Waals surface area contributed by atoms with Crippen LogP contribution in [0.1, 0.15) is 47.5 Å². The Bertz CT molecular complexity index is 336.